The highest BCUT2D eigenvalue weighted by molar-refractivity contribution is 7.90. The molecule has 11 heteroatoms. The number of hydrogen-bond acceptors (Lipinski definition) is 8. The third-order valence-corrected chi connectivity index (χ3v) is 6.43. The number of sulfonamides is 1. The minimum atomic E-state index is -3.74. The third kappa shape index (κ3) is 4.92. The van der Waals surface area contributed by atoms with Crippen molar-refractivity contribution in [2.45, 2.75) is 30.6 Å². The van der Waals surface area contributed by atoms with Crippen LogP contribution < -0.4 is 10.0 Å². The minimum absolute atomic E-state index is 0.0622. The molecule has 0 bridgehead atoms. The van der Waals surface area contributed by atoms with Crippen molar-refractivity contribution in [3.8, 4) is 11.4 Å². The van der Waals surface area contributed by atoms with E-state index in [1.165, 1.54) is 23.5 Å². The Bertz CT molecular complexity index is 1170. The molecule has 3 heterocycles. The van der Waals surface area contributed by atoms with Gasteiger partial charge in [0.25, 0.3) is 10.0 Å². The summed E-state index contributed by atoms with van der Waals surface area (Å²) in [5.74, 6) is 1.03. The first-order valence-corrected chi connectivity index (χ1v) is 11.7. The first-order chi connectivity index (χ1) is 14.5. The van der Waals surface area contributed by atoms with E-state index >= 15 is 0 Å². The molecule has 9 nitrogen and oxygen atoms in total. The molecular weight excluding hydrogens is 426 g/mol. The normalized spacial score (nSPS) is 13.8. The highest BCUT2D eigenvalue weighted by Crippen LogP contribution is 2.20. The standard InChI is InChI=1S/C19H19N5O4S2/c25-17(6-7-18-22-19(23-28-18)13-8-10-29-12-13)21-14-3-1-4-15(11-14)30(26,27)24-16-5-2-9-20-16/h1,3-4,8,10-12H,2,5-7,9H2,(H,20,24)(H,21,25). The molecule has 0 radical (unpaired) electrons. The zero-order chi connectivity index (χ0) is 21.0. The SMILES string of the molecule is O=C(CCc1nc(-c2ccsc2)no1)Nc1cccc(S(=O)(=O)NC2=NCCC2)c1. The van der Waals surface area contributed by atoms with Crippen LogP contribution in [0.2, 0.25) is 0 Å². The van der Waals surface area contributed by atoms with Gasteiger partial charge in [-0.3, -0.25) is 14.5 Å². The van der Waals surface area contributed by atoms with E-state index in [1.54, 1.807) is 12.1 Å². The number of rotatable bonds is 7. The Morgan fingerprint density at radius 1 is 1.27 bits per heavy atom. The number of carbonyl (C=O) groups excluding carboxylic acids is 1. The van der Waals surface area contributed by atoms with Gasteiger partial charge in [0.15, 0.2) is 0 Å². The maximum absolute atomic E-state index is 12.5. The Hall–Kier alpha value is -3.05. The Balaban J connectivity index is 1.35. The molecule has 1 aliphatic heterocycles. The highest BCUT2D eigenvalue weighted by Gasteiger charge is 2.19. The molecule has 156 valence electrons. The summed E-state index contributed by atoms with van der Waals surface area (Å²) < 4.78 is 32.7. The summed E-state index contributed by atoms with van der Waals surface area (Å²) in [6.07, 6.45) is 1.85. The van der Waals surface area contributed by atoms with Crippen LogP contribution in [-0.4, -0.2) is 36.8 Å². The molecule has 1 aliphatic rings. The van der Waals surface area contributed by atoms with E-state index in [-0.39, 0.29) is 23.6 Å². The van der Waals surface area contributed by atoms with Crippen LogP contribution in [0.15, 0.2) is 55.5 Å². The molecule has 0 fully saturated rings. The van der Waals surface area contributed by atoms with Crippen molar-refractivity contribution >= 4 is 38.8 Å². The number of benzene rings is 1. The predicted octanol–water partition coefficient (Wildman–Crippen LogP) is 2.84. The Labute approximate surface area is 177 Å². The van der Waals surface area contributed by atoms with Crippen molar-refractivity contribution in [2.24, 2.45) is 4.99 Å². The lowest BCUT2D eigenvalue weighted by atomic mass is 10.2. The predicted molar refractivity (Wildman–Crippen MR) is 113 cm³/mol. The summed E-state index contributed by atoms with van der Waals surface area (Å²) in [7, 11) is -3.74. The quantitative estimate of drug-likeness (QED) is 0.576. The van der Waals surface area contributed by atoms with Crippen LogP contribution >= 0.6 is 11.3 Å². The van der Waals surface area contributed by atoms with Crippen LogP contribution in [0.5, 0.6) is 0 Å². The monoisotopic (exact) mass is 445 g/mol. The van der Waals surface area contributed by atoms with Crippen LogP contribution in [0.4, 0.5) is 5.69 Å². The number of aliphatic imine (C=N–C) groups is 1. The summed E-state index contributed by atoms with van der Waals surface area (Å²) in [6, 6.07) is 7.98. The lowest BCUT2D eigenvalue weighted by Gasteiger charge is -2.10. The van der Waals surface area contributed by atoms with Crippen molar-refractivity contribution in [1.29, 1.82) is 0 Å². The Morgan fingerprint density at radius 3 is 2.93 bits per heavy atom. The molecule has 30 heavy (non-hydrogen) atoms. The van der Waals surface area contributed by atoms with E-state index in [0.717, 1.165) is 12.0 Å². The number of nitrogens with one attached hydrogen (secondary N) is 2. The van der Waals surface area contributed by atoms with Gasteiger partial charge in [-0.25, -0.2) is 8.42 Å². The zero-order valence-electron chi connectivity index (χ0n) is 15.9. The van der Waals surface area contributed by atoms with Crippen LogP contribution in [0.25, 0.3) is 11.4 Å². The van der Waals surface area contributed by atoms with E-state index in [2.05, 4.69) is 25.2 Å². The van der Waals surface area contributed by atoms with Gasteiger partial charge in [-0.15, -0.1) is 0 Å². The summed E-state index contributed by atoms with van der Waals surface area (Å²) >= 11 is 1.53. The van der Waals surface area contributed by atoms with E-state index in [0.29, 0.717) is 36.2 Å². The van der Waals surface area contributed by atoms with Crippen molar-refractivity contribution in [3.63, 3.8) is 0 Å². The zero-order valence-corrected chi connectivity index (χ0v) is 17.5. The van der Waals surface area contributed by atoms with Crippen molar-refractivity contribution in [3.05, 3.63) is 47.0 Å². The van der Waals surface area contributed by atoms with Gasteiger partial charge in [-0.05, 0) is 36.1 Å². The Kier molecular flexibility index (Phi) is 5.91. The van der Waals surface area contributed by atoms with E-state index in [9.17, 15) is 13.2 Å². The second-order valence-electron chi connectivity index (χ2n) is 6.64. The molecule has 2 N–H and O–H groups in total. The lowest BCUT2D eigenvalue weighted by molar-refractivity contribution is -0.116. The van der Waals surface area contributed by atoms with E-state index in [1.807, 2.05) is 16.8 Å². The fourth-order valence-corrected chi connectivity index (χ4v) is 4.66. The molecule has 0 unspecified atom stereocenters. The molecule has 2 aromatic heterocycles. The molecular formula is C19H19N5O4S2. The average Bonchev–Trinajstić information content (AvgIpc) is 3.48. The molecule has 0 saturated carbocycles. The largest absolute Gasteiger partial charge is 0.339 e. The topological polar surface area (TPSA) is 127 Å². The van der Waals surface area contributed by atoms with Crippen LogP contribution in [0.1, 0.15) is 25.2 Å². The number of amides is 1. The highest BCUT2D eigenvalue weighted by atomic mass is 32.2. The molecule has 1 amide bonds. The van der Waals surface area contributed by atoms with Gasteiger partial charge >= 0.3 is 0 Å². The van der Waals surface area contributed by atoms with Gasteiger partial charge in [0.1, 0.15) is 5.84 Å². The smallest absolute Gasteiger partial charge is 0.262 e. The molecule has 0 atom stereocenters. The fourth-order valence-electron chi connectivity index (χ4n) is 2.89. The van der Waals surface area contributed by atoms with Crippen molar-refractivity contribution < 1.29 is 17.7 Å². The summed E-state index contributed by atoms with van der Waals surface area (Å²) in [5, 5.41) is 10.4. The number of amidine groups is 1. The van der Waals surface area contributed by atoms with Gasteiger partial charge < -0.3 is 9.84 Å². The molecule has 0 aliphatic carbocycles. The number of nitrogens with zero attached hydrogens (tertiary/aromatic N) is 3. The van der Waals surface area contributed by atoms with Crippen LogP contribution in [0, 0.1) is 0 Å². The number of carbonyl (C=O) groups is 1. The van der Waals surface area contributed by atoms with Crippen molar-refractivity contribution in [1.82, 2.24) is 14.9 Å². The van der Waals surface area contributed by atoms with E-state index < -0.39 is 10.0 Å². The van der Waals surface area contributed by atoms with Gasteiger partial charge in [-0.2, -0.15) is 16.3 Å². The molecule has 4 rings (SSSR count). The maximum Gasteiger partial charge on any atom is 0.262 e. The number of thiophene rings is 1. The second kappa shape index (κ2) is 8.76. The van der Waals surface area contributed by atoms with E-state index in [4.69, 9.17) is 4.52 Å². The van der Waals surface area contributed by atoms with Gasteiger partial charge in [0, 0.05) is 42.4 Å². The fraction of sp³-hybridized carbons (Fsp3) is 0.263. The van der Waals surface area contributed by atoms with Crippen molar-refractivity contribution in [2.75, 3.05) is 11.9 Å². The lowest BCUT2D eigenvalue weighted by Crippen LogP contribution is -2.29. The first-order valence-electron chi connectivity index (χ1n) is 9.31. The molecule has 3 aromatic rings. The maximum atomic E-state index is 12.5. The average molecular weight is 446 g/mol. The van der Waals surface area contributed by atoms with Gasteiger partial charge in [-0.1, -0.05) is 11.2 Å². The van der Waals surface area contributed by atoms with Crippen LogP contribution in [-0.2, 0) is 21.2 Å². The van der Waals surface area contributed by atoms with Gasteiger partial charge in [0.05, 0.1) is 4.90 Å². The number of hydrogen-bond donors (Lipinski definition) is 2. The second-order valence-corrected chi connectivity index (χ2v) is 9.10. The van der Waals surface area contributed by atoms with Gasteiger partial charge in [0.2, 0.25) is 17.6 Å². The number of anilines is 1. The summed E-state index contributed by atoms with van der Waals surface area (Å²) in [6.45, 7) is 0.628. The Morgan fingerprint density at radius 2 is 2.17 bits per heavy atom. The number of aromatic nitrogens is 2. The molecule has 1 aromatic carbocycles. The van der Waals surface area contributed by atoms with Crippen LogP contribution in [0.3, 0.4) is 0 Å². The number of aryl methyl sites for hydroxylation is 1. The third-order valence-electron chi connectivity index (χ3n) is 4.37. The molecule has 0 saturated heterocycles. The summed E-state index contributed by atoms with van der Waals surface area (Å²) in [4.78, 5) is 20.7. The minimum Gasteiger partial charge on any atom is -0.339 e. The summed E-state index contributed by atoms with van der Waals surface area (Å²) in [5.41, 5.74) is 1.26. The first kappa shape index (κ1) is 20.2. The molecule has 0 spiro atoms.